The Morgan fingerprint density at radius 2 is 1.83 bits per heavy atom. The molecule has 0 saturated heterocycles. The van der Waals surface area contributed by atoms with Crippen LogP contribution >= 0.6 is 8.58 Å². The van der Waals surface area contributed by atoms with Gasteiger partial charge in [-0.15, -0.1) is 0 Å². The van der Waals surface area contributed by atoms with Gasteiger partial charge in [0.25, 0.3) is 0 Å². The molecular formula is C20H28NOP. The van der Waals surface area contributed by atoms with Crippen molar-refractivity contribution in [1.82, 2.24) is 4.90 Å². The summed E-state index contributed by atoms with van der Waals surface area (Å²) >= 11 is 0. The van der Waals surface area contributed by atoms with Gasteiger partial charge in [0, 0.05) is 17.3 Å². The lowest BCUT2D eigenvalue weighted by Gasteiger charge is -2.31. The molecule has 2 nitrogen and oxygen atoms in total. The van der Waals surface area contributed by atoms with Crippen molar-refractivity contribution in [1.29, 1.82) is 0 Å². The van der Waals surface area contributed by atoms with Crippen LogP contribution in [-0.4, -0.2) is 24.1 Å². The fourth-order valence-corrected chi connectivity index (χ4v) is 4.50. The van der Waals surface area contributed by atoms with Gasteiger partial charge >= 0.3 is 0 Å². The largest absolute Gasteiger partial charge is 0.508 e. The van der Waals surface area contributed by atoms with E-state index in [1.165, 1.54) is 16.4 Å². The molecule has 0 aliphatic carbocycles. The number of aryl methyl sites for hydroxylation is 1. The van der Waals surface area contributed by atoms with Crippen LogP contribution in [0.5, 0.6) is 5.75 Å². The Hall–Kier alpha value is -1.37. The number of hydrogen-bond donors (Lipinski definition) is 1. The summed E-state index contributed by atoms with van der Waals surface area (Å²) in [5.74, 6) is 0.408. The molecule has 0 amide bonds. The molecule has 0 radical (unpaired) electrons. The van der Waals surface area contributed by atoms with Crippen LogP contribution in [0.15, 0.2) is 42.5 Å². The second kappa shape index (κ2) is 7.47. The summed E-state index contributed by atoms with van der Waals surface area (Å²) in [5, 5.41) is 11.7. The van der Waals surface area contributed by atoms with Crippen molar-refractivity contribution in [2.75, 3.05) is 14.1 Å². The molecule has 124 valence electrons. The van der Waals surface area contributed by atoms with Gasteiger partial charge in [-0.3, -0.25) is 0 Å². The predicted octanol–water partition coefficient (Wildman–Crippen LogP) is 4.39. The normalized spacial score (nSPS) is 14.5. The summed E-state index contributed by atoms with van der Waals surface area (Å²) in [5.41, 5.74) is 3.75. The molecule has 1 N–H and O–H groups in total. The molecule has 23 heavy (non-hydrogen) atoms. The number of benzene rings is 2. The van der Waals surface area contributed by atoms with Crippen molar-refractivity contribution in [2.45, 2.75) is 38.9 Å². The number of para-hydroxylation sites is 1. The smallest absolute Gasteiger partial charge is 0.119 e. The first-order chi connectivity index (χ1) is 10.9. The van der Waals surface area contributed by atoms with Gasteiger partial charge in [0.2, 0.25) is 0 Å². The van der Waals surface area contributed by atoms with E-state index in [1.807, 2.05) is 12.1 Å². The minimum Gasteiger partial charge on any atom is -0.508 e. The Labute approximate surface area is 142 Å². The standard InChI is InChI=1S/C20H28NOP/c1-6-20(3,17-9-7-8-10-18(17)22)23-19-12-11-15(2)13-16(19)14-21(4)5/h7-13,22-23H,6,14H2,1-5H3. The van der Waals surface area contributed by atoms with Gasteiger partial charge in [-0.25, -0.2) is 0 Å². The molecule has 0 fully saturated rings. The van der Waals surface area contributed by atoms with Gasteiger partial charge in [-0.05, 0) is 44.4 Å². The van der Waals surface area contributed by atoms with Crippen molar-refractivity contribution < 1.29 is 5.11 Å². The van der Waals surface area contributed by atoms with E-state index in [0.29, 0.717) is 14.3 Å². The van der Waals surface area contributed by atoms with E-state index in [2.05, 4.69) is 64.0 Å². The van der Waals surface area contributed by atoms with E-state index < -0.39 is 0 Å². The third-order valence-electron chi connectivity index (χ3n) is 4.36. The Kier molecular flexibility index (Phi) is 5.84. The van der Waals surface area contributed by atoms with E-state index >= 15 is 0 Å². The van der Waals surface area contributed by atoms with Crippen molar-refractivity contribution in [3.05, 3.63) is 59.2 Å². The zero-order valence-corrected chi connectivity index (χ0v) is 15.9. The minimum atomic E-state index is -0.0400. The molecule has 2 aromatic rings. The Bertz CT molecular complexity index is 668. The van der Waals surface area contributed by atoms with Crippen molar-refractivity contribution in [3.8, 4) is 5.75 Å². The monoisotopic (exact) mass is 329 g/mol. The first kappa shape index (κ1) is 18.0. The van der Waals surface area contributed by atoms with E-state index in [-0.39, 0.29) is 5.16 Å². The zero-order chi connectivity index (χ0) is 17.0. The first-order valence-electron chi connectivity index (χ1n) is 8.16. The second-order valence-electron chi connectivity index (χ2n) is 6.73. The van der Waals surface area contributed by atoms with Gasteiger partial charge in [-0.2, -0.15) is 0 Å². The highest BCUT2D eigenvalue weighted by atomic mass is 31.1. The fourth-order valence-electron chi connectivity index (χ4n) is 2.90. The highest BCUT2D eigenvalue weighted by molar-refractivity contribution is 7.48. The van der Waals surface area contributed by atoms with Gasteiger partial charge in [0.15, 0.2) is 0 Å². The topological polar surface area (TPSA) is 23.5 Å². The molecule has 0 saturated carbocycles. The number of phenolic OH excluding ortho intramolecular Hbond substituents is 1. The third kappa shape index (κ3) is 4.34. The van der Waals surface area contributed by atoms with Crippen LogP contribution in [0, 0.1) is 6.92 Å². The highest BCUT2D eigenvalue weighted by Gasteiger charge is 2.28. The van der Waals surface area contributed by atoms with Gasteiger partial charge in [-0.1, -0.05) is 64.4 Å². The molecule has 2 atom stereocenters. The lowest BCUT2D eigenvalue weighted by atomic mass is 9.96. The maximum atomic E-state index is 10.3. The van der Waals surface area contributed by atoms with Crippen LogP contribution in [0.3, 0.4) is 0 Å². The first-order valence-corrected chi connectivity index (χ1v) is 9.16. The molecule has 0 aromatic heterocycles. The lowest BCUT2D eigenvalue weighted by molar-refractivity contribution is 0.403. The Morgan fingerprint density at radius 1 is 1.13 bits per heavy atom. The van der Waals surface area contributed by atoms with E-state index in [1.54, 1.807) is 6.07 Å². The molecule has 0 heterocycles. The van der Waals surface area contributed by atoms with Crippen LogP contribution in [0.1, 0.15) is 37.0 Å². The molecule has 3 heteroatoms. The van der Waals surface area contributed by atoms with Crippen LogP contribution in [-0.2, 0) is 11.7 Å². The van der Waals surface area contributed by atoms with Gasteiger partial charge in [0.1, 0.15) is 5.75 Å². The highest BCUT2D eigenvalue weighted by Crippen LogP contribution is 2.47. The molecular weight excluding hydrogens is 301 g/mol. The molecule has 0 spiro atoms. The maximum absolute atomic E-state index is 10.3. The zero-order valence-electron chi connectivity index (χ0n) is 14.9. The number of aromatic hydroxyl groups is 1. The molecule has 0 aliphatic rings. The second-order valence-corrected chi connectivity index (χ2v) is 8.62. The quantitative estimate of drug-likeness (QED) is 0.795. The summed E-state index contributed by atoms with van der Waals surface area (Å²) in [6.07, 6.45) is 0.998. The number of phenols is 1. The van der Waals surface area contributed by atoms with Gasteiger partial charge in [0.05, 0.1) is 0 Å². The number of rotatable bonds is 6. The Morgan fingerprint density at radius 3 is 2.43 bits per heavy atom. The van der Waals surface area contributed by atoms with Crippen molar-refractivity contribution >= 4 is 13.9 Å². The minimum absolute atomic E-state index is 0.0400. The maximum Gasteiger partial charge on any atom is 0.119 e. The van der Waals surface area contributed by atoms with Crippen LogP contribution in [0.4, 0.5) is 0 Å². The summed E-state index contributed by atoms with van der Waals surface area (Å²) in [6.45, 7) is 7.57. The summed E-state index contributed by atoms with van der Waals surface area (Å²) in [6, 6.07) is 14.5. The Balaban J connectivity index is 2.41. The van der Waals surface area contributed by atoms with Crippen molar-refractivity contribution in [2.24, 2.45) is 0 Å². The van der Waals surface area contributed by atoms with E-state index in [4.69, 9.17) is 0 Å². The number of nitrogens with zero attached hydrogens (tertiary/aromatic N) is 1. The van der Waals surface area contributed by atoms with Crippen molar-refractivity contribution in [3.63, 3.8) is 0 Å². The van der Waals surface area contributed by atoms with E-state index in [0.717, 1.165) is 18.5 Å². The number of hydrogen-bond acceptors (Lipinski definition) is 2. The van der Waals surface area contributed by atoms with Crippen LogP contribution in [0.2, 0.25) is 0 Å². The van der Waals surface area contributed by atoms with Gasteiger partial charge < -0.3 is 10.0 Å². The van der Waals surface area contributed by atoms with E-state index in [9.17, 15) is 5.11 Å². The summed E-state index contributed by atoms with van der Waals surface area (Å²) in [4.78, 5) is 2.21. The lowest BCUT2D eigenvalue weighted by Crippen LogP contribution is -2.22. The average Bonchev–Trinajstić information content (AvgIpc) is 2.50. The van der Waals surface area contributed by atoms with Crippen LogP contribution in [0.25, 0.3) is 0 Å². The molecule has 2 unspecified atom stereocenters. The summed E-state index contributed by atoms with van der Waals surface area (Å²) < 4.78 is 0. The molecule has 0 bridgehead atoms. The van der Waals surface area contributed by atoms with Crippen LogP contribution < -0.4 is 5.30 Å². The SMILES string of the molecule is CCC(C)(Pc1ccc(C)cc1CN(C)C)c1ccccc1O. The predicted molar refractivity (Wildman–Crippen MR) is 102 cm³/mol. The third-order valence-corrected chi connectivity index (χ3v) is 6.30. The molecule has 0 aliphatic heterocycles. The summed E-state index contributed by atoms with van der Waals surface area (Å²) in [7, 11) is 4.85. The molecule has 2 rings (SSSR count). The average molecular weight is 329 g/mol. The fraction of sp³-hybridized carbons (Fsp3) is 0.400. The molecule has 2 aromatic carbocycles.